The van der Waals surface area contributed by atoms with Crippen LogP contribution in [0.5, 0.6) is 5.75 Å². The van der Waals surface area contributed by atoms with Crippen LogP contribution in [0.15, 0.2) is 48.8 Å². The Balaban J connectivity index is 1.62. The fourth-order valence-electron chi connectivity index (χ4n) is 3.44. The lowest BCUT2D eigenvalue weighted by Gasteiger charge is -2.30. The van der Waals surface area contributed by atoms with E-state index in [0.29, 0.717) is 12.6 Å². The molecule has 0 spiro atoms. The van der Waals surface area contributed by atoms with Gasteiger partial charge in [0.05, 0.1) is 0 Å². The molecular formula is C20H26N2O2. The molecule has 1 aliphatic carbocycles. The van der Waals surface area contributed by atoms with Crippen LogP contribution in [-0.4, -0.2) is 22.7 Å². The number of hydrogen-bond acceptors (Lipinski definition) is 4. The van der Waals surface area contributed by atoms with E-state index in [1.165, 1.54) is 6.42 Å². The Bertz CT molecular complexity index is 647. The SMILES string of the molecule is CC1(CO)CCCC1NCc1ccccc1OCc1cccnc1. The summed E-state index contributed by atoms with van der Waals surface area (Å²) in [6.07, 6.45) is 6.97. The van der Waals surface area contributed by atoms with Crippen LogP contribution < -0.4 is 10.1 Å². The van der Waals surface area contributed by atoms with E-state index in [2.05, 4.69) is 23.3 Å². The van der Waals surface area contributed by atoms with Crippen molar-refractivity contribution in [1.82, 2.24) is 10.3 Å². The number of benzene rings is 1. The molecule has 1 aromatic carbocycles. The molecule has 0 amide bonds. The number of aliphatic hydroxyl groups excluding tert-OH is 1. The average molecular weight is 326 g/mol. The normalized spacial score (nSPS) is 23.3. The molecule has 1 fully saturated rings. The molecule has 2 atom stereocenters. The molecule has 1 aromatic heterocycles. The van der Waals surface area contributed by atoms with E-state index in [9.17, 15) is 5.11 Å². The molecule has 1 saturated carbocycles. The Kier molecular flexibility index (Phi) is 5.48. The number of hydrogen-bond donors (Lipinski definition) is 2. The second kappa shape index (κ2) is 7.77. The van der Waals surface area contributed by atoms with E-state index in [-0.39, 0.29) is 12.0 Å². The van der Waals surface area contributed by atoms with Crippen LogP contribution in [-0.2, 0) is 13.2 Å². The number of rotatable bonds is 7. The summed E-state index contributed by atoms with van der Waals surface area (Å²) in [5.74, 6) is 0.901. The van der Waals surface area contributed by atoms with Gasteiger partial charge in [-0.2, -0.15) is 0 Å². The molecule has 4 heteroatoms. The van der Waals surface area contributed by atoms with E-state index in [0.717, 1.165) is 36.3 Å². The van der Waals surface area contributed by atoms with E-state index < -0.39 is 0 Å². The van der Waals surface area contributed by atoms with Gasteiger partial charge in [0.1, 0.15) is 12.4 Å². The summed E-state index contributed by atoms with van der Waals surface area (Å²) in [7, 11) is 0. The first-order chi connectivity index (χ1) is 11.7. The number of pyridine rings is 1. The number of ether oxygens (including phenoxy) is 1. The molecule has 1 aliphatic rings. The van der Waals surface area contributed by atoms with E-state index in [1.54, 1.807) is 6.20 Å². The zero-order valence-electron chi connectivity index (χ0n) is 14.2. The molecule has 2 N–H and O–H groups in total. The molecule has 2 unspecified atom stereocenters. The summed E-state index contributed by atoms with van der Waals surface area (Å²) >= 11 is 0. The van der Waals surface area contributed by atoms with Crippen molar-refractivity contribution >= 4 is 0 Å². The maximum Gasteiger partial charge on any atom is 0.124 e. The van der Waals surface area contributed by atoms with E-state index >= 15 is 0 Å². The molecule has 0 aliphatic heterocycles. The lowest BCUT2D eigenvalue weighted by molar-refractivity contribution is 0.118. The molecule has 2 aromatic rings. The topological polar surface area (TPSA) is 54.4 Å². The molecule has 0 radical (unpaired) electrons. The molecule has 128 valence electrons. The minimum Gasteiger partial charge on any atom is -0.489 e. The molecule has 4 nitrogen and oxygen atoms in total. The Morgan fingerprint density at radius 3 is 2.96 bits per heavy atom. The number of nitrogens with one attached hydrogen (secondary N) is 1. The summed E-state index contributed by atoms with van der Waals surface area (Å²) in [5, 5.41) is 13.3. The third-order valence-corrected chi connectivity index (χ3v) is 5.07. The zero-order valence-corrected chi connectivity index (χ0v) is 14.2. The van der Waals surface area contributed by atoms with Crippen molar-refractivity contribution in [2.75, 3.05) is 6.61 Å². The maximum atomic E-state index is 9.69. The monoisotopic (exact) mass is 326 g/mol. The van der Waals surface area contributed by atoms with Gasteiger partial charge in [0.2, 0.25) is 0 Å². The molecule has 0 saturated heterocycles. The minimum absolute atomic E-state index is 0.00842. The predicted octanol–water partition coefficient (Wildman–Crippen LogP) is 3.30. The van der Waals surface area contributed by atoms with Gasteiger partial charge in [-0.3, -0.25) is 4.98 Å². The van der Waals surface area contributed by atoms with Gasteiger partial charge in [0.25, 0.3) is 0 Å². The van der Waals surface area contributed by atoms with Crippen molar-refractivity contribution in [3.63, 3.8) is 0 Å². The van der Waals surface area contributed by atoms with Crippen LogP contribution >= 0.6 is 0 Å². The molecule has 24 heavy (non-hydrogen) atoms. The van der Waals surface area contributed by atoms with Gasteiger partial charge in [-0.1, -0.05) is 37.6 Å². The Hall–Kier alpha value is -1.91. The Morgan fingerprint density at radius 2 is 2.17 bits per heavy atom. The maximum absolute atomic E-state index is 9.69. The highest BCUT2D eigenvalue weighted by Gasteiger charge is 2.37. The van der Waals surface area contributed by atoms with Crippen LogP contribution in [0.25, 0.3) is 0 Å². The van der Waals surface area contributed by atoms with E-state index in [1.807, 2.05) is 36.5 Å². The fraction of sp³-hybridized carbons (Fsp3) is 0.450. The minimum atomic E-state index is -0.00842. The first kappa shape index (κ1) is 16.9. The van der Waals surface area contributed by atoms with E-state index in [4.69, 9.17) is 4.74 Å². The lowest BCUT2D eigenvalue weighted by atomic mass is 9.85. The number of nitrogens with zero attached hydrogens (tertiary/aromatic N) is 1. The van der Waals surface area contributed by atoms with Gasteiger partial charge in [0, 0.05) is 48.1 Å². The van der Waals surface area contributed by atoms with Gasteiger partial charge >= 0.3 is 0 Å². The second-order valence-corrected chi connectivity index (χ2v) is 6.90. The highest BCUT2D eigenvalue weighted by molar-refractivity contribution is 5.33. The first-order valence-corrected chi connectivity index (χ1v) is 8.65. The van der Waals surface area contributed by atoms with Gasteiger partial charge in [-0.25, -0.2) is 0 Å². The van der Waals surface area contributed by atoms with Crippen LogP contribution in [0.4, 0.5) is 0 Å². The van der Waals surface area contributed by atoms with Crippen molar-refractivity contribution in [2.24, 2.45) is 5.41 Å². The van der Waals surface area contributed by atoms with Gasteiger partial charge in [-0.05, 0) is 25.0 Å². The van der Waals surface area contributed by atoms with Crippen LogP contribution in [0.2, 0.25) is 0 Å². The summed E-state index contributed by atoms with van der Waals surface area (Å²) in [5.41, 5.74) is 2.20. The smallest absolute Gasteiger partial charge is 0.124 e. The zero-order chi connectivity index (χ0) is 16.8. The number of para-hydroxylation sites is 1. The van der Waals surface area contributed by atoms with Crippen molar-refractivity contribution in [2.45, 2.75) is 45.4 Å². The summed E-state index contributed by atoms with van der Waals surface area (Å²) in [6, 6.07) is 12.4. The van der Waals surface area contributed by atoms with Crippen molar-refractivity contribution in [3.8, 4) is 5.75 Å². The number of aromatic nitrogens is 1. The Morgan fingerprint density at radius 1 is 1.29 bits per heavy atom. The molecular weight excluding hydrogens is 300 g/mol. The summed E-state index contributed by atoms with van der Waals surface area (Å²) < 4.78 is 5.99. The van der Waals surface area contributed by atoms with Gasteiger partial charge in [0.15, 0.2) is 0 Å². The fourth-order valence-corrected chi connectivity index (χ4v) is 3.44. The van der Waals surface area contributed by atoms with Crippen LogP contribution in [0.3, 0.4) is 0 Å². The molecule has 3 rings (SSSR count). The third-order valence-electron chi connectivity index (χ3n) is 5.07. The summed E-state index contributed by atoms with van der Waals surface area (Å²) in [4.78, 5) is 4.12. The van der Waals surface area contributed by atoms with Crippen molar-refractivity contribution in [3.05, 3.63) is 59.9 Å². The molecule has 1 heterocycles. The third kappa shape index (κ3) is 3.94. The highest BCUT2D eigenvalue weighted by Crippen LogP contribution is 2.37. The van der Waals surface area contributed by atoms with Gasteiger partial charge < -0.3 is 15.2 Å². The standard InChI is InChI=1S/C20H26N2O2/c1-20(15-23)10-4-9-19(20)22-13-17-7-2-3-8-18(17)24-14-16-6-5-11-21-12-16/h2-3,5-8,11-12,19,22-23H,4,9-10,13-15H2,1H3. The van der Waals surface area contributed by atoms with Crippen molar-refractivity contribution < 1.29 is 9.84 Å². The molecule has 0 bridgehead atoms. The highest BCUT2D eigenvalue weighted by atomic mass is 16.5. The largest absolute Gasteiger partial charge is 0.489 e. The Labute approximate surface area is 143 Å². The van der Waals surface area contributed by atoms with Crippen LogP contribution in [0, 0.1) is 5.41 Å². The first-order valence-electron chi connectivity index (χ1n) is 8.65. The average Bonchev–Trinajstić information content (AvgIpc) is 3.01. The lowest BCUT2D eigenvalue weighted by Crippen LogP contribution is -2.41. The predicted molar refractivity (Wildman–Crippen MR) is 94.7 cm³/mol. The van der Waals surface area contributed by atoms with Gasteiger partial charge in [-0.15, -0.1) is 0 Å². The van der Waals surface area contributed by atoms with Crippen LogP contribution in [0.1, 0.15) is 37.3 Å². The number of aliphatic hydroxyl groups is 1. The second-order valence-electron chi connectivity index (χ2n) is 6.90. The van der Waals surface area contributed by atoms with Crippen molar-refractivity contribution in [1.29, 1.82) is 0 Å². The summed E-state index contributed by atoms with van der Waals surface area (Å²) in [6.45, 7) is 3.68. The quantitative estimate of drug-likeness (QED) is 0.820.